The molecule has 2 aromatic carbocycles. The van der Waals surface area contributed by atoms with Gasteiger partial charge in [0.05, 0.1) is 9.92 Å². The molecule has 1 aliphatic heterocycles. The van der Waals surface area contributed by atoms with Gasteiger partial charge in [-0.2, -0.15) is 0 Å². The van der Waals surface area contributed by atoms with E-state index in [9.17, 15) is 13.4 Å². The van der Waals surface area contributed by atoms with Crippen molar-refractivity contribution in [3.8, 4) is 5.75 Å². The van der Waals surface area contributed by atoms with E-state index in [1.807, 2.05) is 0 Å². The number of carbonyl (C=O) groups excluding carboxylic acids is 1. The van der Waals surface area contributed by atoms with Gasteiger partial charge in [-0.1, -0.05) is 11.6 Å². The number of benzene rings is 2. The van der Waals surface area contributed by atoms with Gasteiger partial charge in [0.1, 0.15) is 11.6 Å². The van der Waals surface area contributed by atoms with E-state index in [1.54, 1.807) is 24.3 Å². The molecule has 2 N–H and O–H groups in total. The predicted octanol–water partition coefficient (Wildman–Crippen LogP) is 2.83. The molecule has 0 bridgehead atoms. The molecule has 0 aliphatic carbocycles. The Hall–Kier alpha value is -2.16. The molecule has 0 aromatic heterocycles. The zero-order valence-electron chi connectivity index (χ0n) is 14.2. The van der Waals surface area contributed by atoms with Gasteiger partial charge in [0.25, 0.3) is 5.91 Å². The van der Waals surface area contributed by atoms with Crippen LogP contribution in [0.4, 0.5) is 10.1 Å². The first-order valence-corrected chi connectivity index (χ1v) is 9.74. The van der Waals surface area contributed by atoms with Crippen molar-refractivity contribution in [3.05, 3.63) is 53.3 Å². The van der Waals surface area contributed by atoms with Gasteiger partial charge >= 0.3 is 0 Å². The van der Waals surface area contributed by atoms with E-state index in [2.05, 4.69) is 10.2 Å². The van der Waals surface area contributed by atoms with Crippen molar-refractivity contribution >= 4 is 34.3 Å². The lowest BCUT2D eigenvalue weighted by Crippen LogP contribution is -2.39. The van der Waals surface area contributed by atoms with Crippen molar-refractivity contribution in [1.29, 1.82) is 0 Å². The predicted molar refractivity (Wildman–Crippen MR) is 101 cm³/mol. The van der Waals surface area contributed by atoms with E-state index in [-0.39, 0.29) is 23.6 Å². The highest BCUT2D eigenvalue weighted by Crippen LogP contribution is 2.22. The van der Waals surface area contributed by atoms with Crippen LogP contribution in [-0.2, 0) is 15.9 Å². The number of hydrogen-bond donors (Lipinski definition) is 2. The van der Waals surface area contributed by atoms with Gasteiger partial charge in [-0.05, 0) is 42.8 Å². The SMILES string of the molecule is O=C(COc1ccc(F)c(Cl)c1)N[C@H]1CCN(c2ccc(S(=O)O)cc2)C1. The summed E-state index contributed by atoms with van der Waals surface area (Å²) in [5, 5.41) is 2.84. The highest BCUT2D eigenvalue weighted by Gasteiger charge is 2.24. The molecule has 0 saturated carbocycles. The lowest BCUT2D eigenvalue weighted by Gasteiger charge is -2.19. The molecule has 2 aromatic rings. The van der Waals surface area contributed by atoms with E-state index in [4.69, 9.17) is 20.9 Å². The Bertz CT molecular complexity index is 850. The summed E-state index contributed by atoms with van der Waals surface area (Å²) in [6.07, 6.45) is 0.780. The van der Waals surface area contributed by atoms with Gasteiger partial charge in [-0.15, -0.1) is 0 Å². The Balaban J connectivity index is 1.48. The summed E-state index contributed by atoms with van der Waals surface area (Å²) in [5.41, 5.74) is 0.929. The summed E-state index contributed by atoms with van der Waals surface area (Å²) in [4.78, 5) is 14.5. The van der Waals surface area contributed by atoms with Crippen LogP contribution in [0.5, 0.6) is 5.75 Å². The fraction of sp³-hybridized carbons (Fsp3) is 0.278. The van der Waals surface area contributed by atoms with Crippen molar-refractivity contribution in [2.24, 2.45) is 0 Å². The molecule has 6 nitrogen and oxygen atoms in total. The Morgan fingerprint density at radius 1 is 1.33 bits per heavy atom. The largest absolute Gasteiger partial charge is 0.484 e. The Kier molecular flexibility index (Phi) is 6.30. The van der Waals surface area contributed by atoms with Crippen molar-refractivity contribution < 1.29 is 22.7 Å². The lowest BCUT2D eigenvalue weighted by molar-refractivity contribution is -0.123. The minimum atomic E-state index is -1.99. The second-order valence-electron chi connectivity index (χ2n) is 6.11. The molecule has 3 rings (SSSR count). The molecule has 1 aliphatic rings. The van der Waals surface area contributed by atoms with E-state index in [1.165, 1.54) is 18.2 Å². The van der Waals surface area contributed by atoms with Crippen molar-refractivity contribution in [2.45, 2.75) is 17.4 Å². The fourth-order valence-electron chi connectivity index (χ4n) is 2.87. The van der Waals surface area contributed by atoms with Crippen LogP contribution in [0.25, 0.3) is 0 Å². The number of hydrogen-bond acceptors (Lipinski definition) is 4. The van der Waals surface area contributed by atoms with Gasteiger partial charge in [0.15, 0.2) is 17.7 Å². The third-order valence-corrected chi connectivity index (χ3v) is 5.18. The van der Waals surface area contributed by atoms with E-state index < -0.39 is 16.9 Å². The van der Waals surface area contributed by atoms with Crippen LogP contribution in [-0.4, -0.2) is 40.4 Å². The molecular formula is C18H18ClFN2O4S. The molecule has 27 heavy (non-hydrogen) atoms. The maximum Gasteiger partial charge on any atom is 0.258 e. The summed E-state index contributed by atoms with van der Waals surface area (Å²) in [5.74, 6) is -0.489. The second-order valence-corrected chi connectivity index (χ2v) is 7.48. The highest BCUT2D eigenvalue weighted by molar-refractivity contribution is 7.79. The van der Waals surface area contributed by atoms with E-state index in [0.29, 0.717) is 17.2 Å². The molecular weight excluding hydrogens is 395 g/mol. The number of ether oxygens (including phenoxy) is 1. The number of nitrogens with one attached hydrogen (secondary N) is 1. The van der Waals surface area contributed by atoms with E-state index >= 15 is 0 Å². The Morgan fingerprint density at radius 2 is 2.07 bits per heavy atom. The van der Waals surface area contributed by atoms with Crippen LogP contribution in [0.2, 0.25) is 5.02 Å². The molecule has 0 spiro atoms. The van der Waals surface area contributed by atoms with Gasteiger partial charge in [0.2, 0.25) is 0 Å². The molecule has 1 saturated heterocycles. The third kappa shape index (κ3) is 5.18. The first-order valence-electron chi connectivity index (χ1n) is 8.25. The number of amides is 1. The molecule has 2 atom stereocenters. The summed E-state index contributed by atoms with van der Waals surface area (Å²) < 4.78 is 38.5. The number of carbonyl (C=O) groups is 1. The number of halogens is 2. The number of anilines is 1. The van der Waals surface area contributed by atoms with Gasteiger partial charge in [-0.25, -0.2) is 8.60 Å². The average Bonchev–Trinajstić information content (AvgIpc) is 3.11. The monoisotopic (exact) mass is 412 g/mol. The smallest absolute Gasteiger partial charge is 0.258 e. The molecule has 1 heterocycles. The summed E-state index contributed by atoms with van der Waals surface area (Å²) >= 11 is 3.68. The van der Waals surface area contributed by atoms with Crippen LogP contribution in [0.1, 0.15) is 6.42 Å². The van der Waals surface area contributed by atoms with Crippen LogP contribution in [0.15, 0.2) is 47.4 Å². The Morgan fingerprint density at radius 3 is 2.74 bits per heavy atom. The first kappa shape index (κ1) is 19.6. The van der Waals surface area contributed by atoms with Crippen LogP contribution >= 0.6 is 11.6 Å². The summed E-state index contributed by atoms with van der Waals surface area (Å²) in [6.45, 7) is 1.21. The van der Waals surface area contributed by atoms with Crippen molar-refractivity contribution in [2.75, 3.05) is 24.6 Å². The minimum absolute atomic E-state index is 0.0236. The van der Waals surface area contributed by atoms with Crippen molar-refractivity contribution in [3.63, 3.8) is 0 Å². The van der Waals surface area contributed by atoms with Crippen LogP contribution in [0.3, 0.4) is 0 Å². The van der Waals surface area contributed by atoms with Crippen molar-refractivity contribution in [1.82, 2.24) is 5.32 Å². The molecule has 144 valence electrons. The minimum Gasteiger partial charge on any atom is -0.484 e. The molecule has 1 amide bonds. The number of nitrogens with zero attached hydrogens (tertiary/aromatic N) is 1. The van der Waals surface area contributed by atoms with E-state index in [0.717, 1.165) is 18.7 Å². The molecule has 1 fully saturated rings. The Labute approximate surface area is 163 Å². The van der Waals surface area contributed by atoms with Crippen LogP contribution in [0, 0.1) is 5.82 Å². The summed E-state index contributed by atoms with van der Waals surface area (Å²) in [7, 11) is 0. The second kappa shape index (κ2) is 8.69. The quantitative estimate of drug-likeness (QED) is 0.713. The molecule has 0 radical (unpaired) electrons. The normalized spacial score (nSPS) is 17.6. The number of rotatable bonds is 6. The van der Waals surface area contributed by atoms with Gasteiger partial charge in [-0.3, -0.25) is 4.79 Å². The first-order chi connectivity index (χ1) is 12.9. The molecule has 9 heteroatoms. The third-order valence-electron chi connectivity index (χ3n) is 4.22. The zero-order chi connectivity index (χ0) is 19.4. The highest BCUT2D eigenvalue weighted by atomic mass is 35.5. The molecule has 1 unspecified atom stereocenters. The summed E-state index contributed by atoms with van der Waals surface area (Å²) in [6, 6.07) is 10.7. The average molecular weight is 413 g/mol. The van der Waals surface area contributed by atoms with Crippen LogP contribution < -0.4 is 15.0 Å². The maximum absolute atomic E-state index is 13.1. The van der Waals surface area contributed by atoms with Gasteiger partial charge in [0, 0.05) is 30.9 Å². The zero-order valence-corrected chi connectivity index (χ0v) is 15.8. The lowest BCUT2D eigenvalue weighted by atomic mass is 10.2. The van der Waals surface area contributed by atoms with Gasteiger partial charge < -0.3 is 19.5 Å². The maximum atomic E-state index is 13.1. The topological polar surface area (TPSA) is 78.9 Å². The standard InChI is InChI=1S/C18H18ClFN2O4S/c19-16-9-14(3-6-17(16)20)26-11-18(23)21-12-7-8-22(10-12)13-1-4-15(5-2-13)27(24)25/h1-6,9,12H,7-8,10-11H2,(H,21,23)(H,24,25)/t12-/m0/s1. The fourth-order valence-corrected chi connectivity index (χ4v) is 3.41.